The van der Waals surface area contributed by atoms with Crippen LogP contribution in [0, 0.1) is 10.1 Å². The van der Waals surface area contributed by atoms with Gasteiger partial charge in [-0.15, -0.1) is 0 Å². The van der Waals surface area contributed by atoms with Gasteiger partial charge in [-0.25, -0.2) is 0 Å². The summed E-state index contributed by atoms with van der Waals surface area (Å²) < 4.78 is 0. The lowest BCUT2D eigenvalue weighted by atomic mass is 9.80. The first-order chi connectivity index (χ1) is 15.1. The van der Waals surface area contributed by atoms with Gasteiger partial charge in [0.1, 0.15) is 0 Å². The molecule has 0 aromatic heterocycles. The molecule has 166 valence electrons. The number of hydrogen-bond acceptors (Lipinski definition) is 6. The number of carbonyl (C=O) groups excluding carboxylic acids is 2. The van der Waals surface area contributed by atoms with E-state index in [1.807, 2.05) is 6.07 Å². The molecule has 1 saturated heterocycles. The van der Waals surface area contributed by atoms with E-state index in [4.69, 9.17) is 0 Å². The Hall–Kier alpha value is -3.13. The van der Waals surface area contributed by atoms with Crippen LogP contribution in [0.5, 0.6) is 0 Å². The Bertz CT molecular complexity index is 1140. The lowest BCUT2D eigenvalue weighted by Gasteiger charge is -2.45. The molecular formula is C24H25N3O4S. The highest BCUT2D eigenvalue weighted by molar-refractivity contribution is 8.18. The number of nitro groups is 1. The fourth-order valence-electron chi connectivity index (χ4n) is 4.38. The summed E-state index contributed by atoms with van der Waals surface area (Å²) in [5.74, 6) is 0.0455. The smallest absolute Gasteiger partial charge is 0.293 e. The Morgan fingerprint density at radius 3 is 2.53 bits per heavy atom. The molecule has 2 aromatic rings. The molecular weight excluding hydrogens is 426 g/mol. The van der Waals surface area contributed by atoms with Crippen molar-refractivity contribution < 1.29 is 14.5 Å². The monoisotopic (exact) mass is 451 g/mol. The van der Waals surface area contributed by atoms with Gasteiger partial charge in [-0.1, -0.05) is 25.1 Å². The Morgan fingerprint density at radius 1 is 1.19 bits per heavy atom. The zero-order chi connectivity index (χ0) is 23.2. The van der Waals surface area contributed by atoms with Crippen LogP contribution >= 0.6 is 11.8 Å². The van der Waals surface area contributed by atoms with Crippen LogP contribution in [0.15, 0.2) is 47.4 Å². The third-order valence-corrected chi connectivity index (χ3v) is 7.22. The van der Waals surface area contributed by atoms with Crippen molar-refractivity contribution in [2.75, 3.05) is 11.9 Å². The predicted molar refractivity (Wildman–Crippen MR) is 127 cm³/mol. The van der Waals surface area contributed by atoms with Gasteiger partial charge in [-0.05, 0) is 72.8 Å². The van der Waals surface area contributed by atoms with Crippen molar-refractivity contribution in [3.63, 3.8) is 0 Å². The van der Waals surface area contributed by atoms with Crippen LogP contribution < -0.4 is 4.90 Å². The summed E-state index contributed by atoms with van der Waals surface area (Å²) in [5, 5.41) is 10.5. The van der Waals surface area contributed by atoms with Gasteiger partial charge >= 0.3 is 0 Å². The molecule has 0 bridgehead atoms. The molecule has 32 heavy (non-hydrogen) atoms. The SMILES string of the molecule is CC1CC(C)(C)N(C)c2ccc(/C=C3/SC(=O)N(Cc4ccc([N+](=O)[O-])cc4)C3=O)cc21. The zero-order valence-electron chi connectivity index (χ0n) is 18.5. The number of amides is 2. The highest BCUT2D eigenvalue weighted by Crippen LogP contribution is 2.43. The number of fused-ring (bicyclic) bond motifs is 1. The number of anilines is 1. The van der Waals surface area contributed by atoms with E-state index in [9.17, 15) is 19.7 Å². The summed E-state index contributed by atoms with van der Waals surface area (Å²) in [4.78, 5) is 39.5. The minimum atomic E-state index is -0.481. The number of non-ortho nitro benzene ring substituents is 1. The molecule has 2 heterocycles. The van der Waals surface area contributed by atoms with Crippen molar-refractivity contribution in [1.29, 1.82) is 0 Å². The van der Waals surface area contributed by atoms with Crippen LogP contribution in [0.1, 0.15) is 49.8 Å². The zero-order valence-corrected chi connectivity index (χ0v) is 19.3. The van der Waals surface area contributed by atoms with E-state index in [-0.39, 0.29) is 28.9 Å². The van der Waals surface area contributed by atoms with E-state index in [1.54, 1.807) is 18.2 Å². The molecule has 0 saturated carbocycles. The van der Waals surface area contributed by atoms with Crippen LogP contribution in [-0.2, 0) is 11.3 Å². The highest BCUT2D eigenvalue weighted by Gasteiger charge is 2.36. The molecule has 2 amide bonds. The molecule has 1 fully saturated rings. The van der Waals surface area contributed by atoms with Crippen LogP contribution in [0.3, 0.4) is 0 Å². The van der Waals surface area contributed by atoms with Gasteiger partial charge in [0.25, 0.3) is 16.8 Å². The average Bonchev–Trinajstić information content (AvgIpc) is 2.99. The largest absolute Gasteiger partial charge is 0.369 e. The number of rotatable bonds is 4. The fourth-order valence-corrected chi connectivity index (χ4v) is 5.22. The third-order valence-electron chi connectivity index (χ3n) is 6.32. The maximum Gasteiger partial charge on any atom is 0.293 e. The first-order valence-electron chi connectivity index (χ1n) is 10.4. The second kappa shape index (κ2) is 8.09. The van der Waals surface area contributed by atoms with E-state index in [0.717, 1.165) is 23.7 Å². The molecule has 0 N–H and O–H groups in total. The predicted octanol–water partition coefficient (Wildman–Crippen LogP) is 5.55. The maximum absolute atomic E-state index is 12.9. The van der Waals surface area contributed by atoms with Gasteiger partial charge in [-0.2, -0.15) is 0 Å². The molecule has 2 aromatic carbocycles. The molecule has 0 radical (unpaired) electrons. The Labute approximate surface area is 191 Å². The summed E-state index contributed by atoms with van der Waals surface area (Å²) in [5.41, 5.74) is 4.03. The van der Waals surface area contributed by atoms with Crippen molar-refractivity contribution in [1.82, 2.24) is 4.90 Å². The number of nitro benzene ring substituents is 1. The Kier molecular flexibility index (Phi) is 5.58. The molecule has 8 heteroatoms. The molecule has 1 atom stereocenters. The number of nitrogens with zero attached hydrogens (tertiary/aromatic N) is 3. The lowest BCUT2D eigenvalue weighted by Crippen LogP contribution is -2.45. The number of hydrogen-bond donors (Lipinski definition) is 0. The normalized spacial score (nSPS) is 21.2. The van der Waals surface area contributed by atoms with Crippen molar-refractivity contribution in [2.24, 2.45) is 0 Å². The van der Waals surface area contributed by atoms with Gasteiger partial charge in [0, 0.05) is 30.4 Å². The molecule has 4 rings (SSSR count). The Balaban J connectivity index is 1.55. The van der Waals surface area contributed by atoms with Gasteiger partial charge in [-0.3, -0.25) is 24.6 Å². The van der Waals surface area contributed by atoms with E-state index in [2.05, 4.69) is 44.9 Å². The van der Waals surface area contributed by atoms with Gasteiger partial charge in [0.2, 0.25) is 0 Å². The fraction of sp³-hybridized carbons (Fsp3) is 0.333. The van der Waals surface area contributed by atoms with Gasteiger partial charge in [0.05, 0.1) is 16.4 Å². The van der Waals surface area contributed by atoms with E-state index in [0.29, 0.717) is 16.4 Å². The number of thioether (sulfide) groups is 1. The summed E-state index contributed by atoms with van der Waals surface area (Å²) in [7, 11) is 2.11. The third kappa shape index (κ3) is 4.02. The first kappa shape index (κ1) is 22.1. The number of carbonyl (C=O) groups is 2. The van der Waals surface area contributed by atoms with Gasteiger partial charge < -0.3 is 4.90 Å². The molecule has 0 aliphatic carbocycles. The molecule has 2 aliphatic rings. The number of imide groups is 1. The average molecular weight is 452 g/mol. The summed E-state index contributed by atoms with van der Waals surface area (Å²) in [6, 6.07) is 12.0. The van der Waals surface area contributed by atoms with Gasteiger partial charge in [0.15, 0.2) is 0 Å². The van der Waals surface area contributed by atoms with E-state index >= 15 is 0 Å². The minimum Gasteiger partial charge on any atom is -0.369 e. The number of benzene rings is 2. The maximum atomic E-state index is 12.9. The molecule has 7 nitrogen and oxygen atoms in total. The first-order valence-corrected chi connectivity index (χ1v) is 11.2. The standard InChI is InChI=1S/C24H25N3O4S/c1-15-13-24(2,3)25(4)20-10-7-17(11-19(15)20)12-21-22(28)26(23(29)32-21)14-16-5-8-18(9-6-16)27(30)31/h5-12,15H,13-14H2,1-4H3/b21-12+. The Morgan fingerprint density at radius 2 is 1.88 bits per heavy atom. The van der Waals surface area contributed by atoms with Crippen molar-refractivity contribution in [3.8, 4) is 0 Å². The van der Waals surface area contributed by atoms with Crippen molar-refractivity contribution >= 4 is 40.4 Å². The summed E-state index contributed by atoms with van der Waals surface area (Å²) in [6.45, 7) is 6.78. The second-order valence-corrected chi connectivity index (χ2v) is 9.98. The van der Waals surface area contributed by atoms with Crippen molar-refractivity contribution in [3.05, 3.63) is 74.2 Å². The summed E-state index contributed by atoms with van der Waals surface area (Å²) in [6.07, 6.45) is 2.80. The lowest BCUT2D eigenvalue weighted by molar-refractivity contribution is -0.384. The second-order valence-electron chi connectivity index (χ2n) is 8.99. The molecule has 1 unspecified atom stereocenters. The highest BCUT2D eigenvalue weighted by atomic mass is 32.2. The molecule has 0 spiro atoms. The topological polar surface area (TPSA) is 83.8 Å². The van der Waals surface area contributed by atoms with Crippen LogP contribution in [0.25, 0.3) is 6.08 Å². The molecule has 2 aliphatic heterocycles. The van der Waals surface area contributed by atoms with E-state index in [1.165, 1.54) is 28.3 Å². The summed E-state index contributed by atoms with van der Waals surface area (Å²) >= 11 is 0.922. The van der Waals surface area contributed by atoms with Crippen molar-refractivity contribution in [2.45, 2.75) is 45.2 Å². The minimum absolute atomic E-state index is 0.0292. The quantitative estimate of drug-likeness (QED) is 0.344. The van der Waals surface area contributed by atoms with E-state index < -0.39 is 4.92 Å². The van der Waals surface area contributed by atoms with Crippen LogP contribution in [-0.4, -0.2) is 33.6 Å². The van der Waals surface area contributed by atoms with Crippen LogP contribution in [0.4, 0.5) is 16.2 Å². The van der Waals surface area contributed by atoms with Crippen LogP contribution in [0.2, 0.25) is 0 Å².